The number of carbonyl (C=O) groups excluding carboxylic acids is 1. The lowest BCUT2D eigenvalue weighted by atomic mass is 10.1. The third-order valence-corrected chi connectivity index (χ3v) is 3.51. The largest absolute Gasteiger partial charge is 0.508 e. The number of phenolic OH excluding ortho intramolecular Hbond substituents is 1. The first-order chi connectivity index (χ1) is 8.97. The van der Waals surface area contributed by atoms with Gasteiger partial charge in [-0.1, -0.05) is 6.07 Å². The molecule has 0 radical (unpaired) electrons. The minimum absolute atomic E-state index is 0.0463. The lowest BCUT2D eigenvalue weighted by molar-refractivity contribution is 0.0702. The molecule has 0 aliphatic heterocycles. The van der Waals surface area contributed by atoms with Crippen molar-refractivity contribution >= 4 is 28.2 Å². The number of anilines is 1. The number of benzene rings is 1. The molecule has 2 rings (SSSR count). The first-order valence-corrected chi connectivity index (χ1v) is 6.23. The van der Waals surface area contributed by atoms with Gasteiger partial charge in [0, 0.05) is 5.56 Å². The van der Waals surface area contributed by atoms with E-state index >= 15 is 0 Å². The van der Waals surface area contributed by atoms with Crippen LogP contribution in [-0.4, -0.2) is 22.1 Å². The molecule has 0 aliphatic carbocycles. The molecular weight excluding hydrogens is 266 g/mol. The molecule has 1 heterocycles. The highest BCUT2D eigenvalue weighted by Crippen LogP contribution is 2.23. The smallest absolute Gasteiger partial charge is 0.345 e. The maximum absolute atomic E-state index is 11.9. The van der Waals surface area contributed by atoms with Crippen molar-refractivity contribution in [2.24, 2.45) is 0 Å². The molecule has 2 aromatic rings. The van der Waals surface area contributed by atoms with Crippen LogP contribution in [0.3, 0.4) is 0 Å². The molecule has 0 unspecified atom stereocenters. The summed E-state index contributed by atoms with van der Waals surface area (Å²) < 4.78 is 0. The maximum Gasteiger partial charge on any atom is 0.345 e. The summed E-state index contributed by atoms with van der Waals surface area (Å²) in [6.45, 7) is 1.73. The summed E-state index contributed by atoms with van der Waals surface area (Å²) in [5.41, 5.74) is 0.995. The number of amides is 1. The molecule has 6 heteroatoms. The van der Waals surface area contributed by atoms with Crippen molar-refractivity contribution in [2.45, 2.75) is 6.92 Å². The Kier molecular flexibility index (Phi) is 3.52. The first-order valence-electron chi connectivity index (χ1n) is 5.41. The molecule has 1 aromatic carbocycles. The fraction of sp³-hybridized carbons (Fsp3) is 0.0769. The van der Waals surface area contributed by atoms with Crippen molar-refractivity contribution in [2.75, 3.05) is 5.32 Å². The van der Waals surface area contributed by atoms with E-state index in [4.69, 9.17) is 5.11 Å². The number of rotatable bonds is 3. The number of aromatic hydroxyl groups is 1. The van der Waals surface area contributed by atoms with E-state index in [-0.39, 0.29) is 10.6 Å². The van der Waals surface area contributed by atoms with Crippen LogP contribution in [0.25, 0.3) is 0 Å². The normalized spacial score (nSPS) is 10.2. The van der Waals surface area contributed by atoms with Crippen molar-refractivity contribution in [3.63, 3.8) is 0 Å². The Balaban J connectivity index is 2.15. The second kappa shape index (κ2) is 5.11. The number of carboxylic acids is 1. The number of hydrogen-bond acceptors (Lipinski definition) is 4. The zero-order chi connectivity index (χ0) is 14.0. The van der Waals surface area contributed by atoms with Gasteiger partial charge in [0.1, 0.15) is 10.6 Å². The highest BCUT2D eigenvalue weighted by molar-refractivity contribution is 7.18. The average Bonchev–Trinajstić information content (AvgIpc) is 2.81. The second-order valence-electron chi connectivity index (χ2n) is 3.92. The SMILES string of the molecule is Cc1ccc(C(=O)Nc2ccc(C(=O)O)s2)cc1O. The molecular formula is C13H11NO4S. The molecule has 3 N–H and O–H groups in total. The standard InChI is InChI=1S/C13H11NO4S/c1-7-2-3-8(6-9(7)15)12(16)14-11-5-4-10(19-11)13(17)18/h2-6,15H,1H3,(H,14,16)(H,17,18). The predicted octanol–water partition coefficient (Wildman–Crippen LogP) is 2.71. The summed E-state index contributed by atoms with van der Waals surface area (Å²) in [6, 6.07) is 7.56. The number of aromatic carboxylic acids is 1. The molecule has 98 valence electrons. The molecule has 0 bridgehead atoms. The summed E-state index contributed by atoms with van der Waals surface area (Å²) in [5.74, 6) is -1.38. The summed E-state index contributed by atoms with van der Waals surface area (Å²) in [5, 5.41) is 21.3. The van der Waals surface area contributed by atoms with Crippen molar-refractivity contribution in [1.82, 2.24) is 0 Å². The van der Waals surface area contributed by atoms with E-state index in [9.17, 15) is 14.7 Å². The van der Waals surface area contributed by atoms with Crippen molar-refractivity contribution in [1.29, 1.82) is 0 Å². The fourth-order valence-corrected chi connectivity index (χ4v) is 2.19. The van der Waals surface area contributed by atoms with E-state index in [2.05, 4.69) is 5.32 Å². The van der Waals surface area contributed by atoms with Gasteiger partial charge < -0.3 is 15.5 Å². The molecule has 0 saturated heterocycles. The molecule has 0 fully saturated rings. The van der Waals surface area contributed by atoms with Crippen LogP contribution in [0.5, 0.6) is 5.75 Å². The maximum atomic E-state index is 11.9. The van der Waals surface area contributed by atoms with Crippen molar-refractivity contribution in [3.8, 4) is 5.75 Å². The summed E-state index contributed by atoms with van der Waals surface area (Å²) >= 11 is 0.977. The number of carboxylic acid groups (broad SMARTS) is 1. The van der Waals surface area contributed by atoms with Crippen LogP contribution < -0.4 is 5.32 Å². The van der Waals surface area contributed by atoms with Crippen LogP contribution >= 0.6 is 11.3 Å². The number of aryl methyl sites for hydroxylation is 1. The van der Waals surface area contributed by atoms with E-state index < -0.39 is 11.9 Å². The fourth-order valence-electron chi connectivity index (χ4n) is 1.45. The number of carbonyl (C=O) groups is 2. The molecule has 1 aromatic heterocycles. The zero-order valence-corrected chi connectivity index (χ0v) is 10.8. The van der Waals surface area contributed by atoms with E-state index in [0.717, 1.165) is 11.3 Å². The van der Waals surface area contributed by atoms with E-state index in [1.54, 1.807) is 19.1 Å². The first kappa shape index (κ1) is 13.1. The van der Waals surface area contributed by atoms with Gasteiger partial charge in [-0.05, 0) is 36.8 Å². The van der Waals surface area contributed by atoms with Crippen molar-refractivity contribution in [3.05, 3.63) is 46.3 Å². The highest BCUT2D eigenvalue weighted by atomic mass is 32.1. The van der Waals surface area contributed by atoms with Crippen LogP contribution in [0.15, 0.2) is 30.3 Å². The van der Waals surface area contributed by atoms with Gasteiger partial charge in [-0.25, -0.2) is 4.79 Å². The van der Waals surface area contributed by atoms with Crippen LogP contribution in [-0.2, 0) is 0 Å². The lowest BCUT2D eigenvalue weighted by Crippen LogP contribution is -2.10. The van der Waals surface area contributed by atoms with Gasteiger partial charge in [-0.15, -0.1) is 11.3 Å². The van der Waals surface area contributed by atoms with Crippen LogP contribution in [0.1, 0.15) is 25.6 Å². The molecule has 0 saturated carbocycles. The number of nitrogens with one attached hydrogen (secondary N) is 1. The van der Waals surface area contributed by atoms with Gasteiger partial charge in [-0.3, -0.25) is 4.79 Å². The Morgan fingerprint density at radius 3 is 2.53 bits per heavy atom. The minimum Gasteiger partial charge on any atom is -0.508 e. The second-order valence-corrected chi connectivity index (χ2v) is 5.01. The number of thiophene rings is 1. The average molecular weight is 277 g/mol. The lowest BCUT2D eigenvalue weighted by Gasteiger charge is -2.04. The van der Waals surface area contributed by atoms with Gasteiger partial charge in [0.15, 0.2) is 0 Å². The summed E-state index contributed by atoms with van der Waals surface area (Å²) in [7, 11) is 0. The summed E-state index contributed by atoms with van der Waals surface area (Å²) in [4.78, 5) is 22.8. The van der Waals surface area contributed by atoms with Crippen LogP contribution in [0, 0.1) is 6.92 Å². The van der Waals surface area contributed by atoms with E-state index in [1.807, 2.05) is 0 Å². The quantitative estimate of drug-likeness (QED) is 0.805. The molecule has 0 atom stereocenters. The molecule has 5 nitrogen and oxygen atoms in total. The summed E-state index contributed by atoms with van der Waals surface area (Å²) in [6.07, 6.45) is 0. The molecule has 0 aliphatic rings. The predicted molar refractivity (Wildman–Crippen MR) is 72.1 cm³/mol. The number of hydrogen-bond donors (Lipinski definition) is 3. The minimum atomic E-state index is -1.03. The van der Waals surface area contributed by atoms with Gasteiger partial charge in [0.05, 0.1) is 5.00 Å². The monoisotopic (exact) mass is 277 g/mol. The number of phenols is 1. The third-order valence-electron chi connectivity index (χ3n) is 2.52. The van der Waals surface area contributed by atoms with Gasteiger partial charge in [0.2, 0.25) is 0 Å². The zero-order valence-electron chi connectivity index (χ0n) is 10.0. The van der Waals surface area contributed by atoms with Gasteiger partial charge in [0.25, 0.3) is 5.91 Å². The van der Waals surface area contributed by atoms with E-state index in [1.165, 1.54) is 18.2 Å². The van der Waals surface area contributed by atoms with Gasteiger partial charge >= 0.3 is 5.97 Å². The van der Waals surface area contributed by atoms with Gasteiger partial charge in [-0.2, -0.15) is 0 Å². The third kappa shape index (κ3) is 2.92. The Morgan fingerprint density at radius 1 is 1.21 bits per heavy atom. The van der Waals surface area contributed by atoms with E-state index in [0.29, 0.717) is 16.1 Å². The Morgan fingerprint density at radius 2 is 1.95 bits per heavy atom. The van der Waals surface area contributed by atoms with Crippen molar-refractivity contribution < 1.29 is 19.8 Å². The Hall–Kier alpha value is -2.34. The van der Waals surface area contributed by atoms with Crippen LogP contribution in [0.2, 0.25) is 0 Å². The topological polar surface area (TPSA) is 86.6 Å². The molecule has 0 spiro atoms. The van der Waals surface area contributed by atoms with Crippen LogP contribution in [0.4, 0.5) is 5.00 Å². The Bertz CT molecular complexity index is 648. The molecule has 19 heavy (non-hydrogen) atoms. The Labute approximate surface area is 113 Å². The highest BCUT2D eigenvalue weighted by Gasteiger charge is 2.11. The molecule has 1 amide bonds.